The van der Waals surface area contributed by atoms with Crippen molar-refractivity contribution < 1.29 is 9.53 Å². The molecule has 0 fully saturated rings. The van der Waals surface area contributed by atoms with Crippen molar-refractivity contribution in [2.75, 3.05) is 6.61 Å². The normalized spacial score (nSPS) is 10.2. The maximum atomic E-state index is 10.5. The molecular formula is C7H9Cl3O2Sn. The summed E-state index contributed by atoms with van der Waals surface area (Å²) >= 11 is -3.67. The first kappa shape index (κ1) is 13.7. The van der Waals surface area contributed by atoms with E-state index in [9.17, 15) is 4.79 Å². The van der Waals surface area contributed by atoms with Crippen molar-refractivity contribution in [1.82, 2.24) is 0 Å². The van der Waals surface area contributed by atoms with Crippen LogP contribution in [-0.4, -0.2) is 27.6 Å². The van der Waals surface area contributed by atoms with Crippen LogP contribution in [0.1, 0.15) is 13.8 Å². The van der Waals surface area contributed by atoms with Crippen molar-refractivity contribution in [3.63, 3.8) is 0 Å². The molecule has 0 aliphatic carbocycles. The second kappa shape index (κ2) is 6.20. The predicted octanol–water partition coefficient (Wildman–Crippen LogP) is 2.85. The number of carbonyl (C=O) groups excluding carboxylic acids is 1. The molecule has 0 spiro atoms. The number of hydrogen-bond donors (Lipinski definition) is 0. The van der Waals surface area contributed by atoms with E-state index >= 15 is 0 Å². The fourth-order valence-corrected chi connectivity index (χ4v) is 4.30. The first-order chi connectivity index (χ1) is 5.88. The zero-order valence-electron chi connectivity index (χ0n) is 7.23. The third-order valence-corrected chi connectivity index (χ3v) is 8.45. The number of halogens is 3. The molecule has 0 bridgehead atoms. The minimum absolute atomic E-state index is 0.0340. The molecule has 0 aliphatic rings. The fourth-order valence-electron chi connectivity index (χ4n) is 0.553. The molecule has 0 aromatic rings. The van der Waals surface area contributed by atoms with Crippen LogP contribution in [-0.2, 0) is 9.53 Å². The van der Waals surface area contributed by atoms with E-state index < -0.39 is 21.0 Å². The summed E-state index contributed by atoms with van der Waals surface area (Å²) in [4.78, 5) is 10.5. The molecular weight excluding hydrogens is 341 g/mol. The van der Waals surface area contributed by atoms with E-state index in [1.807, 2.05) is 0 Å². The predicted molar refractivity (Wildman–Crippen MR) is 57.2 cm³/mol. The molecule has 0 aromatic heterocycles. The summed E-state index contributed by atoms with van der Waals surface area (Å²) in [6, 6.07) is 0. The fraction of sp³-hybridized carbons (Fsp3) is 0.429. The molecule has 0 unspecified atom stereocenters. The Labute approximate surface area is 92.5 Å². The summed E-state index contributed by atoms with van der Waals surface area (Å²) < 4.78 is 5.23. The SMILES string of the molecule is CC=C=[C](COC(C)=O)[Sn]([Cl])([Cl])[Cl]. The van der Waals surface area contributed by atoms with Crippen LogP contribution in [0.15, 0.2) is 15.4 Å². The van der Waals surface area contributed by atoms with Crippen LogP contribution in [0.4, 0.5) is 0 Å². The summed E-state index contributed by atoms with van der Waals surface area (Å²) in [5.41, 5.74) is 2.79. The third-order valence-electron chi connectivity index (χ3n) is 1.08. The number of carbonyl (C=O) groups is 1. The van der Waals surface area contributed by atoms with E-state index in [0.29, 0.717) is 3.59 Å². The van der Waals surface area contributed by atoms with Crippen LogP contribution in [0.2, 0.25) is 0 Å². The summed E-state index contributed by atoms with van der Waals surface area (Å²) in [6.07, 6.45) is 1.64. The van der Waals surface area contributed by atoms with Crippen molar-refractivity contribution in [3.8, 4) is 0 Å². The molecule has 0 rings (SSSR count). The van der Waals surface area contributed by atoms with E-state index in [1.54, 1.807) is 13.0 Å². The van der Waals surface area contributed by atoms with Crippen LogP contribution < -0.4 is 0 Å². The van der Waals surface area contributed by atoms with Gasteiger partial charge in [0.2, 0.25) is 0 Å². The van der Waals surface area contributed by atoms with Gasteiger partial charge in [0.15, 0.2) is 0 Å². The van der Waals surface area contributed by atoms with Gasteiger partial charge in [-0.15, -0.1) is 0 Å². The molecule has 0 radical (unpaired) electrons. The van der Waals surface area contributed by atoms with Gasteiger partial charge in [-0.2, -0.15) is 0 Å². The molecule has 74 valence electrons. The average molecular weight is 350 g/mol. The molecule has 0 saturated heterocycles. The van der Waals surface area contributed by atoms with Gasteiger partial charge in [0.1, 0.15) is 0 Å². The Morgan fingerprint density at radius 1 is 1.54 bits per heavy atom. The Kier molecular flexibility index (Phi) is 6.51. The molecule has 13 heavy (non-hydrogen) atoms. The molecule has 0 aliphatic heterocycles. The zero-order valence-corrected chi connectivity index (χ0v) is 12.4. The van der Waals surface area contributed by atoms with Gasteiger partial charge in [0, 0.05) is 0 Å². The summed E-state index contributed by atoms with van der Waals surface area (Å²) in [5, 5.41) is 0. The number of hydrogen-bond acceptors (Lipinski definition) is 2. The Morgan fingerprint density at radius 2 is 2.08 bits per heavy atom. The van der Waals surface area contributed by atoms with Gasteiger partial charge >= 0.3 is 93.1 Å². The van der Waals surface area contributed by atoms with Crippen molar-refractivity contribution in [2.24, 2.45) is 0 Å². The van der Waals surface area contributed by atoms with E-state index in [4.69, 9.17) is 31.5 Å². The Hall–Kier alpha value is 0.659. The molecule has 0 aromatic carbocycles. The van der Waals surface area contributed by atoms with Gasteiger partial charge in [0.05, 0.1) is 0 Å². The Bertz CT molecular complexity index is 251. The van der Waals surface area contributed by atoms with Crippen molar-refractivity contribution in [2.45, 2.75) is 13.8 Å². The number of ether oxygens (including phenoxy) is 1. The van der Waals surface area contributed by atoms with E-state index in [2.05, 4.69) is 5.73 Å². The van der Waals surface area contributed by atoms with Gasteiger partial charge in [0.25, 0.3) is 0 Å². The van der Waals surface area contributed by atoms with Crippen molar-refractivity contribution in [3.05, 3.63) is 15.4 Å². The summed E-state index contributed by atoms with van der Waals surface area (Å²) in [7, 11) is 17.4. The van der Waals surface area contributed by atoms with Gasteiger partial charge in [-0.25, -0.2) is 0 Å². The van der Waals surface area contributed by atoms with Crippen LogP contribution in [0.3, 0.4) is 0 Å². The van der Waals surface area contributed by atoms with Crippen molar-refractivity contribution >= 4 is 47.7 Å². The monoisotopic (exact) mass is 350 g/mol. The molecule has 0 N–H and O–H groups in total. The number of rotatable bonds is 3. The van der Waals surface area contributed by atoms with Gasteiger partial charge < -0.3 is 0 Å². The van der Waals surface area contributed by atoms with E-state index in [1.165, 1.54) is 6.92 Å². The van der Waals surface area contributed by atoms with E-state index in [-0.39, 0.29) is 6.61 Å². The standard InChI is InChI=1S/C7H9O2.3ClH.Sn/c1-3-4-5-6-9-7(2)8;;;;/h3H,6H2,1-2H3;3*1H;/q;;;;+3/p-3. The quantitative estimate of drug-likeness (QED) is 0.445. The van der Waals surface area contributed by atoms with Gasteiger partial charge in [-0.05, 0) is 0 Å². The second-order valence-electron chi connectivity index (χ2n) is 2.19. The van der Waals surface area contributed by atoms with Crippen LogP contribution >= 0.6 is 26.8 Å². The van der Waals surface area contributed by atoms with Crippen LogP contribution in [0.25, 0.3) is 0 Å². The maximum absolute atomic E-state index is 10.5. The Balaban J connectivity index is 4.49. The molecule has 2 nitrogen and oxygen atoms in total. The second-order valence-corrected chi connectivity index (χ2v) is 22.1. The molecule has 0 amide bonds. The molecule has 6 heteroatoms. The minimum atomic E-state index is -3.67. The first-order valence-electron chi connectivity index (χ1n) is 3.48. The van der Waals surface area contributed by atoms with Gasteiger partial charge in [-0.1, -0.05) is 0 Å². The summed E-state index contributed by atoms with van der Waals surface area (Å²) in [6.45, 7) is 3.10. The zero-order chi connectivity index (χ0) is 10.5. The average Bonchev–Trinajstić information content (AvgIpc) is 1.95. The topological polar surface area (TPSA) is 26.3 Å². The molecule has 0 heterocycles. The van der Waals surface area contributed by atoms with Crippen LogP contribution in [0, 0.1) is 0 Å². The third kappa shape index (κ3) is 6.69. The van der Waals surface area contributed by atoms with Crippen molar-refractivity contribution in [1.29, 1.82) is 0 Å². The summed E-state index contributed by atoms with van der Waals surface area (Å²) in [5.74, 6) is -0.393. The number of esters is 1. The van der Waals surface area contributed by atoms with Crippen LogP contribution in [0.5, 0.6) is 0 Å². The van der Waals surface area contributed by atoms with Gasteiger partial charge in [-0.3, -0.25) is 0 Å². The molecule has 0 saturated carbocycles. The Morgan fingerprint density at radius 3 is 2.38 bits per heavy atom. The first-order valence-corrected chi connectivity index (χ1v) is 15.8. The molecule has 0 atom stereocenters. The van der Waals surface area contributed by atoms with E-state index in [0.717, 1.165) is 0 Å².